The minimum Gasteiger partial charge on any atom is -0.337 e. The first-order valence-corrected chi connectivity index (χ1v) is 12.3. The smallest absolute Gasteiger partial charge is 0.253 e. The summed E-state index contributed by atoms with van der Waals surface area (Å²) >= 11 is 7.91. The van der Waals surface area contributed by atoms with E-state index in [2.05, 4.69) is 24.5 Å². The second-order valence-electron chi connectivity index (χ2n) is 7.68. The molecule has 3 rings (SSSR count). The summed E-state index contributed by atoms with van der Waals surface area (Å²) in [4.78, 5) is 27.3. The molecule has 0 radical (unpaired) electrons. The molecule has 1 aliphatic rings. The molecule has 0 unspecified atom stereocenters. The van der Waals surface area contributed by atoms with E-state index in [4.69, 9.17) is 11.6 Å². The standard InChI is InChI=1S/C24H30ClN3O2S/c1-3-24(4-2,19-8-10-20(25)11-9-19)26-17-22(29)27-21-7-5-6-18(16-21)23(30)28-12-14-31-15-13-28/h5-11,16,26H,3-4,12-15,17H2,1-2H3,(H,27,29). The number of thioether (sulfide) groups is 1. The molecule has 1 fully saturated rings. The minimum atomic E-state index is -0.300. The molecule has 0 spiro atoms. The Hall–Kier alpha value is -2.02. The van der Waals surface area contributed by atoms with Crippen LogP contribution in [0.4, 0.5) is 5.69 Å². The molecule has 0 aromatic heterocycles. The molecule has 2 amide bonds. The Kier molecular flexibility index (Phi) is 8.41. The van der Waals surface area contributed by atoms with Crippen molar-refractivity contribution in [1.29, 1.82) is 0 Å². The number of hydrogen-bond acceptors (Lipinski definition) is 4. The van der Waals surface area contributed by atoms with E-state index in [-0.39, 0.29) is 23.9 Å². The number of nitrogens with zero attached hydrogens (tertiary/aromatic N) is 1. The zero-order chi connectivity index (χ0) is 22.3. The van der Waals surface area contributed by atoms with E-state index in [1.54, 1.807) is 12.1 Å². The first-order chi connectivity index (χ1) is 15.0. The Morgan fingerprint density at radius 2 is 1.74 bits per heavy atom. The van der Waals surface area contributed by atoms with Gasteiger partial charge in [-0.25, -0.2) is 0 Å². The monoisotopic (exact) mass is 459 g/mol. The molecule has 2 aromatic carbocycles. The summed E-state index contributed by atoms with van der Waals surface area (Å²) in [6, 6.07) is 15.0. The topological polar surface area (TPSA) is 61.4 Å². The molecule has 5 nitrogen and oxygen atoms in total. The second-order valence-corrected chi connectivity index (χ2v) is 9.34. The number of halogens is 1. The van der Waals surface area contributed by atoms with Crippen LogP contribution in [0.3, 0.4) is 0 Å². The quantitative estimate of drug-likeness (QED) is 0.596. The number of anilines is 1. The highest BCUT2D eigenvalue weighted by molar-refractivity contribution is 7.99. The fraction of sp³-hybridized carbons (Fsp3) is 0.417. The summed E-state index contributed by atoms with van der Waals surface area (Å²) in [6.07, 6.45) is 1.69. The predicted molar refractivity (Wildman–Crippen MR) is 130 cm³/mol. The van der Waals surface area contributed by atoms with E-state index < -0.39 is 0 Å². The van der Waals surface area contributed by atoms with Crippen LogP contribution < -0.4 is 10.6 Å². The van der Waals surface area contributed by atoms with Gasteiger partial charge in [0.25, 0.3) is 5.91 Å². The molecule has 2 N–H and O–H groups in total. The second kappa shape index (κ2) is 11.0. The van der Waals surface area contributed by atoms with Crippen molar-refractivity contribution in [3.8, 4) is 0 Å². The average Bonchev–Trinajstić information content (AvgIpc) is 2.81. The van der Waals surface area contributed by atoms with Crippen LogP contribution in [-0.4, -0.2) is 47.9 Å². The van der Waals surface area contributed by atoms with Crippen LogP contribution in [0.25, 0.3) is 0 Å². The van der Waals surface area contributed by atoms with Crippen molar-refractivity contribution in [3.05, 3.63) is 64.7 Å². The number of amides is 2. The first kappa shape index (κ1) is 23.6. The fourth-order valence-electron chi connectivity index (χ4n) is 3.91. The zero-order valence-electron chi connectivity index (χ0n) is 18.1. The van der Waals surface area contributed by atoms with Crippen LogP contribution >= 0.6 is 23.4 Å². The first-order valence-electron chi connectivity index (χ1n) is 10.8. The molecule has 1 heterocycles. The van der Waals surface area contributed by atoms with Gasteiger partial charge in [-0.15, -0.1) is 0 Å². The van der Waals surface area contributed by atoms with Crippen molar-refractivity contribution in [3.63, 3.8) is 0 Å². The third kappa shape index (κ3) is 6.03. The normalized spacial score (nSPS) is 14.4. The Morgan fingerprint density at radius 3 is 2.39 bits per heavy atom. The highest BCUT2D eigenvalue weighted by Crippen LogP contribution is 2.29. The van der Waals surface area contributed by atoms with E-state index in [0.717, 1.165) is 43.0 Å². The molecule has 1 saturated heterocycles. The van der Waals surface area contributed by atoms with Gasteiger partial charge in [-0.05, 0) is 48.7 Å². The Labute approximate surface area is 193 Å². The van der Waals surface area contributed by atoms with E-state index in [1.165, 1.54) is 0 Å². The van der Waals surface area contributed by atoms with Crippen LogP contribution in [0.1, 0.15) is 42.6 Å². The van der Waals surface area contributed by atoms with Gasteiger partial charge in [-0.3, -0.25) is 14.9 Å². The van der Waals surface area contributed by atoms with Crippen molar-refractivity contribution >= 4 is 40.9 Å². The van der Waals surface area contributed by atoms with Crippen LogP contribution in [0.15, 0.2) is 48.5 Å². The third-order valence-electron chi connectivity index (χ3n) is 5.88. The Bertz CT molecular complexity index is 894. The van der Waals surface area contributed by atoms with Gasteiger partial charge in [-0.1, -0.05) is 43.6 Å². The molecule has 31 heavy (non-hydrogen) atoms. The van der Waals surface area contributed by atoms with Gasteiger partial charge < -0.3 is 10.2 Å². The Morgan fingerprint density at radius 1 is 1.06 bits per heavy atom. The maximum absolute atomic E-state index is 12.7. The van der Waals surface area contributed by atoms with Crippen molar-refractivity contribution in [2.75, 3.05) is 36.5 Å². The third-order valence-corrected chi connectivity index (χ3v) is 7.08. The van der Waals surface area contributed by atoms with Crippen molar-refractivity contribution < 1.29 is 9.59 Å². The zero-order valence-corrected chi connectivity index (χ0v) is 19.7. The highest BCUT2D eigenvalue weighted by atomic mass is 35.5. The number of hydrogen-bond donors (Lipinski definition) is 2. The van der Waals surface area contributed by atoms with Crippen LogP contribution in [0, 0.1) is 0 Å². The van der Waals surface area contributed by atoms with Gasteiger partial charge in [0.05, 0.1) is 6.54 Å². The van der Waals surface area contributed by atoms with Gasteiger partial charge in [0, 0.05) is 46.4 Å². The summed E-state index contributed by atoms with van der Waals surface area (Å²) < 4.78 is 0. The van der Waals surface area contributed by atoms with Gasteiger partial charge in [0.15, 0.2) is 0 Å². The summed E-state index contributed by atoms with van der Waals surface area (Å²) in [6.45, 7) is 5.93. The lowest BCUT2D eigenvalue weighted by Crippen LogP contribution is -2.45. The lowest BCUT2D eigenvalue weighted by molar-refractivity contribution is -0.115. The van der Waals surface area contributed by atoms with E-state index in [1.807, 2.05) is 53.1 Å². The SMILES string of the molecule is CCC(CC)(NCC(=O)Nc1cccc(C(=O)N2CCSCC2)c1)c1ccc(Cl)cc1. The molecule has 0 aliphatic carbocycles. The van der Waals surface area contributed by atoms with Gasteiger partial charge in [-0.2, -0.15) is 11.8 Å². The van der Waals surface area contributed by atoms with Gasteiger partial charge in [0.1, 0.15) is 0 Å². The highest BCUT2D eigenvalue weighted by Gasteiger charge is 2.28. The lowest BCUT2D eigenvalue weighted by atomic mass is 9.84. The Balaban J connectivity index is 1.63. The van der Waals surface area contributed by atoms with Crippen molar-refractivity contribution in [2.45, 2.75) is 32.2 Å². The summed E-state index contributed by atoms with van der Waals surface area (Å²) in [5, 5.41) is 7.06. The molecule has 7 heteroatoms. The molecule has 0 saturated carbocycles. The summed E-state index contributed by atoms with van der Waals surface area (Å²) in [5.74, 6) is 1.82. The predicted octanol–water partition coefficient (Wildman–Crippen LogP) is 4.77. The molecule has 2 aromatic rings. The number of rotatable bonds is 8. The summed E-state index contributed by atoms with van der Waals surface area (Å²) in [7, 11) is 0. The van der Waals surface area contributed by atoms with Gasteiger partial charge in [0.2, 0.25) is 5.91 Å². The number of nitrogens with one attached hydrogen (secondary N) is 2. The maximum Gasteiger partial charge on any atom is 0.253 e. The molecular formula is C24H30ClN3O2S. The van der Waals surface area contributed by atoms with Gasteiger partial charge >= 0.3 is 0 Å². The molecular weight excluding hydrogens is 430 g/mol. The van der Waals surface area contributed by atoms with Crippen LogP contribution in [0.2, 0.25) is 5.02 Å². The number of benzene rings is 2. The van der Waals surface area contributed by atoms with Crippen molar-refractivity contribution in [1.82, 2.24) is 10.2 Å². The lowest BCUT2D eigenvalue weighted by Gasteiger charge is -2.33. The maximum atomic E-state index is 12.7. The number of carbonyl (C=O) groups is 2. The fourth-order valence-corrected chi connectivity index (χ4v) is 4.94. The van der Waals surface area contributed by atoms with E-state index >= 15 is 0 Å². The largest absolute Gasteiger partial charge is 0.337 e. The molecule has 1 aliphatic heterocycles. The van der Waals surface area contributed by atoms with E-state index in [9.17, 15) is 9.59 Å². The number of carbonyl (C=O) groups excluding carboxylic acids is 2. The van der Waals surface area contributed by atoms with Crippen molar-refractivity contribution in [2.24, 2.45) is 0 Å². The molecule has 0 atom stereocenters. The van der Waals surface area contributed by atoms with E-state index in [0.29, 0.717) is 16.3 Å². The molecule has 166 valence electrons. The van der Waals surface area contributed by atoms with Crippen LogP contribution in [-0.2, 0) is 10.3 Å². The average molecular weight is 460 g/mol. The minimum absolute atomic E-state index is 0.0215. The van der Waals surface area contributed by atoms with Crippen LogP contribution in [0.5, 0.6) is 0 Å². The summed E-state index contributed by atoms with van der Waals surface area (Å²) in [5.41, 5.74) is 2.05. The molecule has 0 bridgehead atoms.